The summed E-state index contributed by atoms with van der Waals surface area (Å²) in [6.45, 7) is 6.31. The smallest absolute Gasteiger partial charge is 0.410 e. The average Bonchev–Trinajstić information content (AvgIpc) is 2.86. The molecule has 1 aromatic heterocycles. The van der Waals surface area contributed by atoms with Gasteiger partial charge in [-0.1, -0.05) is 6.08 Å². The largest absolute Gasteiger partial charge is 0.444 e. The Hall–Kier alpha value is -1.95. The Kier molecular flexibility index (Phi) is 4.04. The molecular weight excluding hydrogens is 258 g/mol. The van der Waals surface area contributed by atoms with E-state index in [0.29, 0.717) is 24.5 Å². The molecule has 1 aliphatic heterocycles. The molecule has 1 aliphatic rings. The first-order chi connectivity index (χ1) is 9.39. The number of carbonyl (C=O) groups excluding carboxylic acids is 1. The van der Waals surface area contributed by atoms with Crippen LogP contribution in [-0.4, -0.2) is 44.8 Å². The van der Waals surface area contributed by atoms with Gasteiger partial charge in [-0.2, -0.15) is 0 Å². The molecule has 0 radical (unpaired) electrons. The minimum Gasteiger partial charge on any atom is -0.444 e. The Morgan fingerprint density at radius 2 is 2.20 bits per heavy atom. The molecule has 0 saturated heterocycles. The lowest BCUT2D eigenvalue weighted by Crippen LogP contribution is -2.35. The van der Waals surface area contributed by atoms with Crippen LogP contribution in [0, 0.1) is 0 Å². The third-order valence-electron chi connectivity index (χ3n) is 2.75. The van der Waals surface area contributed by atoms with Crippen LogP contribution in [0.1, 0.15) is 32.2 Å². The van der Waals surface area contributed by atoms with Crippen LogP contribution in [0.4, 0.5) is 4.79 Å². The zero-order valence-corrected chi connectivity index (χ0v) is 12.0. The van der Waals surface area contributed by atoms with E-state index in [9.17, 15) is 4.79 Å². The van der Waals surface area contributed by atoms with Gasteiger partial charge in [0.25, 0.3) is 0 Å². The number of aromatic nitrogens is 2. The lowest BCUT2D eigenvalue weighted by Gasteiger charge is -2.24. The van der Waals surface area contributed by atoms with Crippen LogP contribution in [0.3, 0.4) is 0 Å². The molecule has 0 unspecified atom stereocenters. The van der Waals surface area contributed by atoms with Gasteiger partial charge in [0.05, 0.1) is 36.9 Å². The molecule has 1 amide bonds. The van der Waals surface area contributed by atoms with E-state index >= 15 is 0 Å². The highest BCUT2D eigenvalue weighted by atomic mass is 16.6. The average molecular weight is 277 g/mol. The molecule has 0 spiro atoms. The summed E-state index contributed by atoms with van der Waals surface area (Å²) >= 11 is 0. The van der Waals surface area contributed by atoms with Gasteiger partial charge in [-0.3, -0.25) is 4.98 Å². The maximum absolute atomic E-state index is 12.0. The van der Waals surface area contributed by atoms with E-state index in [2.05, 4.69) is 9.97 Å². The Morgan fingerprint density at radius 3 is 2.85 bits per heavy atom. The number of rotatable bonds is 2. The van der Waals surface area contributed by atoms with Crippen molar-refractivity contribution in [1.82, 2.24) is 14.9 Å². The molecule has 0 atom stereocenters. The Labute approximate surface area is 118 Å². The zero-order chi connectivity index (χ0) is 14.8. The monoisotopic (exact) mass is 277 g/mol. The third-order valence-corrected chi connectivity index (χ3v) is 2.75. The van der Waals surface area contributed by atoms with Gasteiger partial charge in [-0.25, -0.2) is 9.78 Å². The number of amides is 1. The topological polar surface area (TPSA) is 75.5 Å². The highest BCUT2D eigenvalue weighted by Gasteiger charge is 2.26. The Bertz CT molecular complexity index is 535. The van der Waals surface area contributed by atoms with Crippen molar-refractivity contribution in [2.45, 2.75) is 33.0 Å². The van der Waals surface area contributed by atoms with E-state index in [4.69, 9.17) is 9.84 Å². The number of aliphatic hydroxyl groups excluding tert-OH is 1. The molecule has 0 fully saturated rings. The van der Waals surface area contributed by atoms with Gasteiger partial charge in [0.1, 0.15) is 5.60 Å². The number of hydrogen-bond acceptors (Lipinski definition) is 5. The summed E-state index contributed by atoms with van der Waals surface area (Å²) in [5.74, 6) is 0. The van der Waals surface area contributed by atoms with Crippen LogP contribution < -0.4 is 0 Å². The molecule has 108 valence electrons. The molecule has 1 N–H and O–H groups in total. The normalized spacial score (nSPS) is 15.2. The molecule has 6 heteroatoms. The summed E-state index contributed by atoms with van der Waals surface area (Å²) in [4.78, 5) is 21.9. The van der Waals surface area contributed by atoms with Gasteiger partial charge in [0, 0.05) is 6.54 Å². The summed E-state index contributed by atoms with van der Waals surface area (Å²) in [6, 6.07) is 0. The van der Waals surface area contributed by atoms with Crippen LogP contribution in [0.25, 0.3) is 5.57 Å². The maximum atomic E-state index is 12.0. The maximum Gasteiger partial charge on any atom is 0.410 e. The van der Waals surface area contributed by atoms with E-state index in [1.807, 2.05) is 26.8 Å². The van der Waals surface area contributed by atoms with Crippen LogP contribution in [0.2, 0.25) is 0 Å². The molecule has 0 aliphatic carbocycles. The highest BCUT2D eigenvalue weighted by molar-refractivity contribution is 5.76. The van der Waals surface area contributed by atoms with E-state index in [0.717, 1.165) is 5.57 Å². The molecule has 20 heavy (non-hydrogen) atoms. The van der Waals surface area contributed by atoms with Gasteiger partial charge >= 0.3 is 6.09 Å². The highest BCUT2D eigenvalue weighted by Crippen LogP contribution is 2.21. The molecule has 2 heterocycles. The van der Waals surface area contributed by atoms with Crippen molar-refractivity contribution in [2.24, 2.45) is 0 Å². The van der Waals surface area contributed by atoms with E-state index in [1.165, 1.54) is 6.20 Å². The predicted octanol–water partition coefficient (Wildman–Crippen LogP) is 1.60. The van der Waals surface area contributed by atoms with Crippen molar-refractivity contribution < 1.29 is 14.6 Å². The van der Waals surface area contributed by atoms with Crippen molar-refractivity contribution >= 4 is 11.7 Å². The molecule has 6 nitrogen and oxygen atoms in total. The number of nitrogens with zero attached hydrogens (tertiary/aromatic N) is 3. The first kappa shape index (κ1) is 14.5. The Morgan fingerprint density at radius 1 is 1.45 bits per heavy atom. The summed E-state index contributed by atoms with van der Waals surface area (Å²) in [5.41, 5.74) is 1.61. The van der Waals surface area contributed by atoms with Gasteiger partial charge in [0.2, 0.25) is 0 Å². The van der Waals surface area contributed by atoms with Crippen LogP contribution in [0.5, 0.6) is 0 Å². The molecule has 0 saturated carbocycles. The second-order valence-electron chi connectivity index (χ2n) is 5.64. The van der Waals surface area contributed by atoms with Crippen LogP contribution in [0.15, 0.2) is 18.5 Å². The van der Waals surface area contributed by atoms with Crippen LogP contribution in [-0.2, 0) is 11.3 Å². The van der Waals surface area contributed by atoms with Crippen molar-refractivity contribution in [3.05, 3.63) is 29.9 Å². The van der Waals surface area contributed by atoms with E-state index < -0.39 is 5.60 Å². The Balaban J connectivity index is 2.02. The van der Waals surface area contributed by atoms with Crippen molar-refractivity contribution in [3.63, 3.8) is 0 Å². The minimum absolute atomic E-state index is 0.149. The molecule has 0 aromatic carbocycles. The minimum atomic E-state index is -0.504. The lowest BCUT2D eigenvalue weighted by atomic mass is 10.2. The zero-order valence-electron chi connectivity index (χ0n) is 12.0. The second kappa shape index (κ2) is 5.58. The number of carbonyl (C=O) groups is 1. The van der Waals surface area contributed by atoms with Gasteiger partial charge < -0.3 is 14.7 Å². The van der Waals surface area contributed by atoms with Gasteiger partial charge in [0.15, 0.2) is 0 Å². The SMILES string of the molecule is CC(C)(C)OC(=O)N1CC=C(c2cncc(CO)n2)C1. The first-order valence-corrected chi connectivity index (χ1v) is 6.48. The number of aliphatic hydroxyl groups is 1. The fourth-order valence-electron chi connectivity index (χ4n) is 1.84. The lowest BCUT2D eigenvalue weighted by molar-refractivity contribution is 0.0306. The van der Waals surface area contributed by atoms with Gasteiger partial charge in [-0.05, 0) is 26.3 Å². The van der Waals surface area contributed by atoms with Crippen molar-refractivity contribution in [3.8, 4) is 0 Å². The van der Waals surface area contributed by atoms with E-state index in [-0.39, 0.29) is 12.7 Å². The summed E-state index contributed by atoms with van der Waals surface area (Å²) in [5, 5.41) is 9.07. The quantitative estimate of drug-likeness (QED) is 0.888. The number of ether oxygens (including phenoxy) is 1. The number of hydrogen-bond donors (Lipinski definition) is 1. The van der Waals surface area contributed by atoms with Crippen LogP contribution >= 0.6 is 0 Å². The van der Waals surface area contributed by atoms with E-state index in [1.54, 1.807) is 11.1 Å². The fraction of sp³-hybridized carbons (Fsp3) is 0.500. The van der Waals surface area contributed by atoms with Crippen molar-refractivity contribution in [2.75, 3.05) is 13.1 Å². The standard InChI is InChI=1S/C14H19N3O3/c1-14(2,3)20-13(19)17-5-4-10(8-17)12-7-15-6-11(9-18)16-12/h4,6-7,18H,5,8-9H2,1-3H3. The summed E-state index contributed by atoms with van der Waals surface area (Å²) in [6.07, 6.45) is 4.73. The predicted molar refractivity (Wildman–Crippen MR) is 73.7 cm³/mol. The summed E-state index contributed by atoms with van der Waals surface area (Å²) in [7, 11) is 0. The molecule has 2 rings (SSSR count). The van der Waals surface area contributed by atoms with Crippen molar-refractivity contribution in [1.29, 1.82) is 0 Å². The molecular formula is C14H19N3O3. The second-order valence-corrected chi connectivity index (χ2v) is 5.64. The molecule has 0 bridgehead atoms. The first-order valence-electron chi connectivity index (χ1n) is 6.48. The third kappa shape index (κ3) is 3.54. The molecule has 1 aromatic rings. The van der Waals surface area contributed by atoms with Gasteiger partial charge in [-0.15, -0.1) is 0 Å². The summed E-state index contributed by atoms with van der Waals surface area (Å²) < 4.78 is 5.33. The fourth-order valence-corrected chi connectivity index (χ4v) is 1.84.